The highest BCUT2D eigenvalue weighted by molar-refractivity contribution is 6.07. The van der Waals surface area contributed by atoms with Gasteiger partial charge in [0.05, 0.1) is 35.8 Å². The summed E-state index contributed by atoms with van der Waals surface area (Å²) in [4.78, 5) is 62.5. The molecule has 3 aliphatic rings. The van der Waals surface area contributed by atoms with Crippen LogP contribution >= 0.6 is 0 Å². The van der Waals surface area contributed by atoms with Crippen molar-refractivity contribution >= 4 is 29.8 Å². The molecule has 2 N–H and O–H groups in total. The molecule has 0 spiro atoms. The zero-order valence-electron chi connectivity index (χ0n) is 17.2. The van der Waals surface area contributed by atoms with Crippen molar-refractivity contribution in [3.63, 3.8) is 0 Å². The van der Waals surface area contributed by atoms with Gasteiger partial charge in [0.15, 0.2) is 0 Å². The van der Waals surface area contributed by atoms with E-state index in [0.717, 1.165) is 17.7 Å². The van der Waals surface area contributed by atoms with Gasteiger partial charge in [-0.05, 0) is 26.2 Å². The standard InChI is InChI=1S/C20H27N3O7/c1-3-13-16(19(27)29-4-2)14(22-20(28)21-13)10-30-15(24)9-23-17(25)11-7-5-6-8-12(11)18(23)26/h11-13H,3-10H2,1-2H3,(H2,21,22,28)/t11-,12+,13-/m0/s1. The topological polar surface area (TPSA) is 131 Å². The minimum absolute atomic E-state index is 0.130. The first-order chi connectivity index (χ1) is 14.4. The van der Waals surface area contributed by atoms with E-state index in [2.05, 4.69) is 10.6 Å². The second kappa shape index (κ2) is 9.27. The SMILES string of the molecule is CCOC(=O)C1=C(COC(=O)CN2C(=O)[C@H]3CCCC[C@H]3C2=O)NC(=O)N[C@H]1CC. The van der Waals surface area contributed by atoms with Crippen molar-refractivity contribution in [3.05, 3.63) is 11.3 Å². The molecule has 3 atom stereocenters. The Bertz CT molecular complexity index is 767. The lowest BCUT2D eigenvalue weighted by molar-refractivity contribution is -0.152. The second-order valence-electron chi connectivity index (χ2n) is 7.59. The summed E-state index contributed by atoms with van der Waals surface area (Å²) in [5.41, 5.74) is 0.316. The maximum atomic E-state index is 12.5. The van der Waals surface area contributed by atoms with E-state index in [0.29, 0.717) is 19.3 Å². The van der Waals surface area contributed by atoms with E-state index in [9.17, 15) is 24.0 Å². The molecule has 0 aromatic heterocycles. The van der Waals surface area contributed by atoms with Crippen molar-refractivity contribution in [3.8, 4) is 0 Å². The Kier molecular flexibility index (Phi) is 6.73. The Hall–Kier alpha value is -2.91. The molecule has 0 radical (unpaired) electrons. The Morgan fingerprint density at radius 2 is 1.67 bits per heavy atom. The molecule has 0 aromatic carbocycles. The first-order valence-corrected chi connectivity index (χ1v) is 10.4. The number of imide groups is 1. The molecular formula is C20H27N3O7. The third kappa shape index (κ3) is 4.31. The number of nitrogens with one attached hydrogen (secondary N) is 2. The largest absolute Gasteiger partial charge is 0.463 e. The number of ether oxygens (including phenoxy) is 2. The zero-order valence-corrected chi connectivity index (χ0v) is 17.2. The van der Waals surface area contributed by atoms with E-state index in [-0.39, 0.29) is 48.1 Å². The molecule has 30 heavy (non-hydrogen) atoms. The van der Waals surface area contributed by atoms with Crippen LogP contribution in [0.3, 0.4) is 0 Å². The molecule has 1 aliphatic carbocycles. The van der Waals surface area contributed by atoms with Gasteiger partial charge in [-0.3, -0.25) is 19.3 Å². The van der Waals surface area contributed by atoms with Gasteiger partial charge in [0.25, 0.3) is 0 Å². The van der Waals surface area contributed by atoms with Crippen molar-refractivity contribution in [2.75, 3.05) is 19.8 Å². The minimum Gasteiger partial charge on any atom is -0.463 e. The zero-order chi connectivity index (χ0) is 21.8. The molecule has 10 nitrogen and oxygen atoms in total. The fourth-order valence-electron chi connectivity index (χ4n) is 4.29. The smallest absolute Gasteiger partial charge is 0.338 e. The van der Waals surface area contributed by atoms with Gasteiger partial charge in [-0.2, -0.15) is 0 Å². The Morgan fingerprint density at radius 3 is 2.23 bits per heavy atom. The fraction of sp³-hybridized carbons (Fsp3) is 0.650. The van der Waals surface area contributed by atoms with E-state index in [1.54, 1.807) is 13.8 Å². The third-order valence-corrected chi connectivity index (χ3v) is 5.74. The van der Waals surface area contributed by atoms with Crippen molar-refractivity contribution < 1.29 is 33.4 Å². The van der Waals surface area contributed by atoms with Gasteiger partial charge in [-0.1, -0.05) is 19.8 Å². The monoisotopic (exact) mass is 421 g/mol. The van der Waals surface area contributed by atoms with Crippen molar-refractivity contribution in [1.82, 2.24) is 15.5 Å². The summed E-state index contributed by atoms with van der Waals surface area (Å²) in [6, 6.07) is -1.09. The molecule has 0 bridgehead atoms. The normalized spacial score (nSPS) is 26.1. The quantitative estimate of drug-likeness (QED) is 0.455. The number of fused-ring (bicyclic) bond motifs is 1. The Labute approximate surface area is 174 Å². The fourth-order valence-corrected chi connectivity index (χ4v) is 4.29. The first kappa shape index (κ1) is 21.8. The Morgan fingerprint density at radius 1 is 1.03 bits per heavy atom. The minimum atomic E-state index is -0.785. The van der Waals surface area contributed by atoms with Gasteiger partial charge in [0, 0.05) is 0 Å². The van der Waals surface area contributed by atoms with Crippen LogP contribution in [0.4, 0.5) is 4.79 Å². The third-order valence-electron chi connectivity index (χ3n) is 5.74. The predicted octanol–water partition coefficient (Wildman–Crippen LogP) is 0.613. The maximum Gasteiger partial charge on any atom is 0.338 e. The number of amides is 4. The van der Waals surface area contributed by atoms with Crippen LogP contribution in [-0.2, 0) is 28.7 Å². The van der Waals surface area contributed by atoms with Crippen LogP contribution < -0.4 is 10.6 Å². The van der Waals surface area contributed by atoms with Gasteiger partial charge in [0.2, 0.25) is 11.8 Å². The summed E-state index contributed by atoms with van der Waals surface area (Å²) in [6.45, 7) is 2.76. The number of carbonyl (C=O) groups is 5. The summed E-state index contributed by atoms with van der Waals surface area (Å²) in [7, 11) is 0. The van der Waals surface area contributed by atoms with Crippen LogP contribution in [0.25, 0.3) is 0 Å². The van der Waals surface area contributed by atoms with Gasteiger partial charge >= 0.3 is 18.0 Å². The number of likely N-dealkylation sites (tertiary alicyclic amines) is 1. The van der Waals surface area contributed by atoms with Crippen molar-refractivity contribution in [2.24, 2.45) is 11.8 Å². The van der Waals surface area contributed by atoms with Gasteiger partial charge in [-0.15, -0.1) is 0 Å². The average molecular weight is 421 g/mol. The highest BCUT2D eigenvalue weighted by Crippen LogP contribution is 2.37. The van der Waals surface area contributed by atoms with Crippen LogP contribution in [0.2, 0.25) is 0 Å². The summed E-state index contributed by atoms with van der Waals surface area (Å²) in [5, 5.41) is 5.11. The van der Waals surface area contributed by atoms with Crippen molar-refractivity contribution in [2.45, 2.75) is 52.0 Å². The number of hydrogen-bond donors (Lipinski definition) is 2. The maximum absolute atomic E-state index is 12.5. The average Bonchev–Trinajstić information content (AvgIpc) is 2.97. The van der Waals surface area contributed by atoms with E-state index in [1.165, 1.54) is 0 Å². The summed E-state index contributed by atoms with van der Waals surface area (Å²) in [5.74, 6) is -2.73. The van der Waals surface area contributed by atoms with Gasteiger partial charge in [-0.25, -0.2) is 9.59 Å². The van der Waals surface area contributed by atoms with Crippen LogP contribution in [0.1, 0.15) is 46.0 Å². The van der Waals surface area contributed by atoms with E-state index in [1.807, 2.05) is 0 Å². The molecule has 164 valence electrons. The number of carbonyl (C=O) groups excluding carboxylic acids is 5. The number of nitrogens with zero attached hydrogens (tertiary/aromatic N) is 1. The Balaban J connectivity index is 1.67. The molecule has 4 amide bonds. The molecule has 2 heterocycles. The highest BCUT2D eigenvalue weighted by Gasteiger charge is 2.48. The molecule has 0 unspecified atom stereocenters. The van der Waals surface area contributed by atoms with E-state index in [4.69, 9.17) is 9.47 Å². The number of urea groups is 1. The number of rotatable bonds is 7. The predicted molar refractivity (Wildman–Crippen MR) is 103 cm³/mol. The highest BCUT2D eigenvalue weighted by atomic mass is 16.5. The summed E-state index contributed by atoms with van der Waals surface area (Å²) >= 11 is 0. The lowest BCUT2D eigenvalue weighted by atomic mass is 9.81. The summed E-state index contributed by atoms with van der Waals surface area (Å²) in [6.07, 6.45) is 3.56. The molecular weight excluding hydrogens is 394 g/mol. The van der Waals surface area contributed by atoms with E-state index >= 15 is 0 Å². The van der Waals surface area contributed by atoms with E-state index < -0.39 is 30.6 Å². The van der Waals surface area contributed by atoms with Crippen LogP contribution in [0.15, 0.2) is 11.3 Å². The molecule has 10 heteroatoms. The van der Waals surface area contributed by atoms with Gasteiger partial charge < -0.3 is 20.1 Å². The number of esters is 2. The second-order valence-corrected chi connectivity index (χ2v) is 7.59. The molecule has 3 rings (SSSR count). The van der Waals surface area contributed by atoms with Crippen LogP contribution in [0, 0.1) is 11.8 Å². The first-order valence-electron chi connectivity index (χ1n) is 10.4. The molecule has 2 fully saturated rings. The lowest BCUT2D eigenvalue weighted by Gasteiger charge is -2.28. The number of hydrogen-bond acceptors (Lipinski definition) is 7. The van der Waals surface area contributed by atoms with Gasteiger partial charge in [0.1, 0.15) is 13.2 Å². The molecule has 1 saturated heterocycles. The molecule has 0 aromatic rings. The summed E-state index contributed by atoms with van der Waals surface area (Å²) < 4.78 is 10.2. The van der Waals surface area contributed by atoms with Crippen LogP contribution in [-0.4, -0.2) is 60.5 Å². The molecule has 1 saturated carbocycles. The lowest BCUT2D eigenvalue weighted by Crippen LogP contribution is -2.51. The van der Waals surface area contributed by atoms with Crippen LogP contribution in [0.5, 0.6) is 0 Å². The molecule has 2 aliphatic heterocycles. The van der Waals surface area contributed by atoms with Crippen molar-refractivity contribution in [1.29, 1.82) is 0 Å².